The van der Waals surface area contributed by atoms with Gasteiger partial charge in [0.1, 0.15) is 5.75 Å². The molecule has 0 amide bonds. The quantitative estimate of drug-likeness (QED) is 0.226. The molecule has 166 valence electrons. The van der Waals surface area contributed by atoms with Gasteiger partial charge < -0.3 is 5.11 Å². The number of rotatable bonds is 5. The summed E-state index contributed by atoms with van der Waals surface area (Å²) in [4.78, 5) is 9.06. The van der Waals surface area contributed by atoms with Gasteiger partial charge in [-0.05, 0) is 52.3 Å². The highest BCUT2D eigenvalue weighted by Crippen LogP contribution is 2.31. The van der Waals surface area contributed by atoms with E-state index in [0.29, 0.717) is 42.3 Å². The van der Waals surface area contributed by atoms with Crippen molar-refractivity contribution in [2.45, 2.75) is 0 Å². The van der Waals surface area contributed by atoms with Crippen molar-refractivity contribution in [2.24, 2.45) is 10.1 Å². The van der Waals surface area contributed by atoms with Crippen LogP contribution in [0, 0.1) is 0 Å². The Labute approximate surface area is 221 Å². The maximum absolute atomic E-state index is 10.3. The van der Waals surface area contributed by atoms with Crippen molar-refractivity contribution in [3.05, 3.63) is 95.9 Å². The molecule has 1 aromatic heterocycles. The number of hydrogen-bond donors (Lipinski definition) is 1. The minimum absolute atomic E-state index is 0.0643. The second kappa shape index (κ2) is 10.4. The van der Waals surface area contributed by atoms with Crippen LogP contribution in [0.5, 0.6) is 5.75 Å². The van der Waals surface area contributed by atoms with Gasteiger partial charge in [-0.25, -0.2) is 14.7 Å². The number of halogens is 5. The Morgan fingerprint density at radius 3 is 2.33 bits per heavy atom. The topological polar surface area (TPSA) is 62.8 Å². The van der Waals surface area contributed by atoms with Crippen molar-refractivity contribution < 1.29 is 5.11 Å². The summed E-state index contributed by atoms with van der Waals surface area (Å²) in [5.41, 5.74) is 2.69. The summed E-state index contributed by atoms with van der Waals surface area (Å²) in [6, 6.07) is 15.9. The van der Waals surface area contributed by atoms with E-state index in [1.165, 1.54) is 10.9 Å². The Morgan fingerprint density at radius 2 is 1.61 bits per heavy atom. The molecule has 10 heteroatoms. The van der Waals surface area contributed by atoms with Crippen LogP contribution >= 0.6 is 66.7 Å². The molecule has 0 fully saturated rings. The number of imidazole rings is 1. The van der Waals surface area contributed by atoms with Gasteiger partial charge in [-0.15, -0.1) is 0 Å². The van der Waals surface area contributed by atoms with E-state index in [4.69, 9.17) is 34.8 Å². The molecule has 0 aliphatic rings. The monoisotopic (exact) mass is 624 g/mol. The van der Waals surface area contributed by atoms with Crippen molar-refractivity contribution in [3.8, 4) is 17.0 Å². The van der Waals surface area contributed by atoms with Crippen molar-refractivity contribution in [1.82, 2.24) is 9.66 Å². The Balaban J connectivity index is 1.75. The van der Waals surface area contributed by atoms with Gasteiger partial charge in [0.15, 0.2) is 0 Å². The van der Waals surface area contributed by atoms with E-state index in [1.54, 1.807) is 54.9 Å². The first-order valence-corrected chi connectivity index (χ1v) is 12.1. The number of phenolic OH excluding ortho intramolecular Hbond substituents is 1. The Kier molecular flexibility index (Phi) is 7.56. The lowest BCUT2D eigenvalue weighted by Crippen LogP contribution is -1.91. The molecule has 1 N–H and O–H groups in total. The van der Waals surface area contributed by atoms with Gasteiger partial charge in [-0.2, -0.15) is 5.10 Å². The van der Waals surface area contributed by atoms with Crippen LogP contribution in [0.15, 0.2) is 79.8 Å². The Hall–Kier alpha value is -2.16. The first kappa shape index (κ1) is 24.0. The maximum Gasteiger partial charge on any atom is 0.251 e. The van der Waals surface area contributed by atoms with E-state index in [9.17, 15) is 5.11 Å². The molecule has 0 saturated carbocycles. The third-order valence-electron chi connectivity index (χ3n) is 4.47. The fraction of sp³-hybridized carbons (Fsp3) is 0. The van der Waals surface area contributed by atoms with Gasteiger partial charge in [0.05, 0.1) is 27.6 Å². The predicted molar refractivity (Wildman–Crippen MR) is 143 cm³/mol. The van der Waals surface area contributed by atoms with E-state index in [-0.39, 0.29) is 5.75 Å². The molecule has 0 bridgehead atoms. The van der Waals surface area contributed by atoms with Crippen molar-refractivity contribution >= 4 is 85.0 Å². The van der Waals surface area contributed by atoms with Crippen LogP contribution in [0.1, 0.15) is 11.1 Å². The third kappa shape index (κ3) is 5.86. The molecule has 0 saturated heterocycles. The van der Waals surface area contributed by atoms with Crippen LogP contribution in [0.25, 0.3) is 11.3 Å². The molecule has 1 heterocycles. The predicted octanol–water partition coefficient (Wildman–Crippen LogP) is 8.37. The molecule has 33 heavy (non-hydrogen) atoms. The van der Waals surface area contributed by atoms with Crippen molar-refractivity contribution in [2.75, 3.05) is 0 Å². The van der Waals surface area contributed by atoms with Crippen molar-refractivity contribution in [1.29, 1.82) is 0 Å². The van der Waals surface area contributed by atoms with E-state index in [2.05, 4.69) is 46.9 Å². The fourth-order valence-corrected chi connectivity index (χ4v) is 4.68. The molecule has 0 spiro atoms. The lowest BCUT2D eigenvalue weighted by molar-refractivity contribution is 0.471. The number of benzene rings is 3. The number of aromatic hydroxyl groups is 1. The molecular formula is C23H13Br2Cl3N4O. The average Bonchev–Trinajstić information content (AvgIpc) is 3.18. The summed E-state index contributed by atoms with van der Waals surface area (Å²) < 4.78 is 2.85. The summed E-state index contributed by atoms with van der Waals surface area (Å²) in [6.45, 7) is 0. The van der Waals surface area contributed by atoms with Crippen LogP contribution < -0.4 is 0 Å². The Bertz CT molecular complexity index is 1390. The first-order valence-electron chi connectivity index (χ1n) is 9.37. The van der Waals surface area contributed by atoms with Crippen LogP contribution in [-0.2, 0) is 0 Å². The van der Waals surface area contributed by atoms with Crippen LogP contribution in [0.4, 0.5) is 5.95 Å². The third-order valence-corrected chi connectivity index (χ3v) is 6.35. The zero-order chi connectivity index (χ0) is 23.5. The van der Waals surface area contributed by atoms with Crippen LogP contribution in [0.2, 0.25) is 15.1 Å². The number of aliphatic imine (C=N–C) groups is 1. The summed E-state index contributed by atoms with van der Waals surface area (Å²) in [7, 11) is 0. The van der Waals surface area contributed by atoms with Gasteiger partial charge in [-0.1, -0.05) is 68.9 Å². The zero-order valence-corrected chi connectivity index (χ0v) is 22.0. The summed E-state index contributed by atoms with van der Waals surface area (Å²) >= 11 is 25.0. The van der Waals surface area contributed by atoms with E-state index >= 15 is 0 Å². The van der Waals surface area contributed by atoms with Crippen molar-refractivity contribution in [3.63, 3.8) is 0 Å². The van der Waals surface area contributed by atoms with Gasteiger partial charge in [-0.3, -0.25) is 0 Å². The molecule has 0 unspecified atom stereocenters. The molecule has 5 nitrogen and oxygen atoms in total. The highest BCUT2D eigenvalue weighted by molar-refractivity contribution is 9.11. The number of aromatic nitrogens is 2. The molecular weight excluding hydrogens is 614 g/mol. The molecule has 0 radical (unpaired) electrons. The summed E-state index contributed by atoms with van der Waals surface area (Å²) in [5.74, 6) is 0.367. The minimum atomic E-state index is 0.0643. The molecule has 0 atom stereocenters. The van der Waals surface area contributed by atoms with E-state index in [1.807, 2.05) is 12.1 Å². The smallest absolute Gasteiger partial charge is 0.251 e. The average molecular weight is 628 g/mol. The molecule has 3 aromatic carbocycles. The van der Waals surface area contributed by atoms with Gasteiger partial charge in [0.25, 0.3) is 5.95 Å². The minimum Gasteiger partial charge on any atom is -0.506 e. The van der Waals surface area contributed by atoms with Crippen LogP contribution in [0.3, 0.4) is 0 Å². The maximum atomic E-state index is 10.3. The van der Waals surface area contributed by atoms with Gasteiger partial charge in [0, 0.05) is 37.4 Å². The fourth-order valence-electron chi connectivity index (χ4n) is 2.84. The van der Waals surface area contributed by atoms with Gasteiger partial charge >= 0.3 is 0 Å². The summed E-state index contributed by atoms with van der Waals surface area (Å²) in [6.07, 6.45) is 4.85. The number of hydrogen-bond acceptors (Lipinski definition) is 4. The van der Waals surface area contributed by atoms with Gasteiger partial charge in [0.2, 0.25) is 0 Å². The highest BCUT2D eigenvalue weighted by atomic mass is 79.9. The lowest BCUT2D eigenvalue weighted by Gasteiger charge is -2.03. The summed E-state index contributed by atoms with van der Waals surface area (Å²) in [5, 5.41) is 16.4. The normalized spacial score (nSPS) is 11.7. The Morgan fingerprint density at radius 1 is 0.879 bits per heavy atom. The molecule has 0 aliphatic carbocycles. The second-order valence-electron chi connectivity index (χ2n) is 6.77. The molecule has 0 aliphatic heterocycles. The van der Waals surface area contributed by atoms with E-state index < -0.39 is 0 Å². The first-order chi connectivity index (χ1) is 15.8. The standard InChI is InChI=1S/C23H13Br2Cl3N4O/c24-16-7-15(22(33)19(25)8-16)10-29-23-31-21(13-1-4-17(26)5-2-13)12-32(23)30-11-14-3-6-18(27)9-20(14)28/h1-12,33H/b29-10?,30-11+. The van der Waals surface area contributed by atoms with Crippen LogP contribution in [-0.4, -0.2) is 27.2 Å². The lowest BCUT2D eigenvalue weighted by atomic mass is 10.2. The number of nitrogens with zero attached hydrogens (tertiary/aromatic N) is 4. The van der Waals surface area contributed by atoms with E-state index in [0.717, 1.165) is 10.0 Å². The molecule has 4 aromatic rings. The SMILES string of the molecule is Oc1c(Br)cc(Br)cc1C=Nc1nc(-c2ccc(Cl)cc2)cn1/N=C/c1ccc(Cl)cc1Cl. The largest absolute Gasteiger partial charge is 0.506 e. The number of phenols is 1. The highest BCUT2D eigenvalue weighted by Gasteiger charge is 2.10. The molecule has 4 rings (SSSR count). The second-order valence-corrected chi connectivity index (χ2v) is 9.82. The zero-order valence-electron chi connectivity index (χ0n) is 16.6.